The zero-order valence-electron chi connectivity index (χ0n) is 22.1. The maximum Gasteiger partial charge on any atom is 0.433 e. The number of carbonyl (C=O) groups is 2. The Morgan fingerprint density at radius 1 is 1.29 bits per heavy atom. The van der Waals surface area contributed by atoms with Crippen molar-refractivity contribution in [2.75, 3.05) is 35.6 Å². The first-order chi connectivity index (χ1) is 19.2. The number of anilines is 2. The molecule has 15 heteroatoms. The number of piperidine rings is 1. The summed E-state index contributed by atoms with van der Waals surface area (Å²) in [5.74, 6) is -2.74. The molecule has 1 atom stereocenters. The molecular weight excluding hydrogens is 570 g/mol. The highest BCUT2D eigenvalue weighted by Crippen LogP contribution is 2.33. The van der Waals surface area contributed by atoms with E-state index in [1.54, 1.807) is 17.9 Å². The second-order valence-corrected chi connectivity index (χ2v) is 10.9. The molecule has 41 heavy (non-hydrogen) atoms. The van der Waals surface area contributed by atoms with Gasteiger partial charge in [0.2, 0.25) is 15.9 Å². The summed E-state index contributed by atoms with van der Waals surface area (Å²) in [7, 11) is -3.85. The van der Waals surface area contributed by atoms with Crippen LogP contribution in [0.3, 0.4) is 0 Å². The Morgan fingerprint density at radius 2 is 2.02 bits per heavy atom. The molecule has 0 aliphatic carbocycles. The van der Waals surface area contributed by atoms with Gasteiger partial charge in [0, 0.05) is 31.3 Å². The van der Waals surface area contributed by atoms with Crippen LogP contribution in [0.25, 0.3) is 6.08 Å². The quantitative estimate of drug-likeness (QED) is 0.254. The van der Waals surface area contributed by atoms with Crippen molar-refractivity contribution in [2.24, 2.45) is 5.92 Å². The molecular formula is C26H27F4N5O5S. The summed E-state index contributed by atoms with van der Waals surface area (Å²) >= 11 is 0. The van der Waals surface area contributed by atoms with Crippen LogP contribution in [0.4, 0.5) is 29.1 Å². The van der Waals surface area contributed by atoms with E-state index < -0.39 is 51.2 Å². The fourth-order valence-corrected chi connectivity index (χ4v) is 4.76. The van der Waals surface area contributed by atoms with Gasteiger partial charge in [-0.1, -0.05) is 0 Å². The third kappa shape index (κ3) is 8.65. The Labute approximate surface area is 234 Å². The number of nitrogens with zero attached hydrogens (tertiary/aromatic N) is 3. The number of hydrogen-bond donors (Lipinski definition) is 2. The molecule has 1 aromatic carbocycles. The number of rotatable bonds is 9. The van der Waals surface area contributed by atoms with Gasteiger partial charge in [0.15, 0.2) is 0 Å². The number of alkyl halides is 3. The number of carbonyl (C=O) groups excluding carboxylic acids is 2. The smallest absolute Gasteiger partial charge is 0.433 e. The first-order valence-electron chi connectivity index (χ1n) is 12.4. The van der Waals surface area contributed by atoms with E-state index in [1.165, 1.54) is 18.2 Å². The van der Waals surface area contributed by atoms with Gasteiger partial charge in [0.1, 0.15) is 29.1 Å². The minimum atomic E-state index is -4.71. The highest BCUT2D eigenvalue weighted by atomic mass is 32.2. The molecule has 1 amide bonds. The van der Waals surface area contributed by atoms with Crippen molar-refractivity contribution >= 4 is 39.5 Å². The fraction of sp³-hybridized carbons (Fsp3) is 0.385. The van der Waals surface area contributed by atoms with Gasteiger partial charge < -0.3 is 15.0 Å². The molecule has 3 rings (SSSR count). The highest BCUT2D eigenvalue weighted by Gasteiger charge is 2.35. The molecule has 10 nitrogen and oxygen atoms in total. The molecule has 1 aromatic heterocycles. The van der Waals surface area contributed by atoms with Crippen LogP contribution in [0.5, 0.6) is 0 Å². The second-order valence-electron chi connectivity index (χ2n) is 9.18. The van der Waals surface area contributed by atoms with Crippen molar-refractivity contribution in [3.05, 3.63) is 58.5 Å². The highest BCUT2D eigenvalue weighted by molar-refractivity contribution is 7.92. The number of amides is 1. The van der Waals surface area contributed by atoms with Crippen LogP contribution in [0.2, 0.25) is 0 Å². The average Bonchev–Trinajstić information content (AvgIpc) is 2.90. The molecule has 1 saturated heterocycles. The predicted octanol–water partition coefficient (Wildman–Crippen LogP) is 3.59. The van der Waals surface area contributed by atoms with Crippen LogP contribution in [0, 0.1) is 23.1 Å². The number of benzene rings is 1. The number of aromatic nitrogens is 1. The Hall–Kier alpha value is -4.19. The number of ether oxygens (including phenoxy) is 1. The van der Waals surface area contributed by atoms with E-state index in [0.29, 0.717) is 19.4 Å². The van der Waals surface area contributed by atoms with E-state index in [-0.39, 0.29) is 42.2 Å². The molecule has 2 N–H and O–H groups in total. The molecule has 0 spiro atoms. The zero-order chi connectivity index (χ0) is 30.4. The first kappa shape index (κ1) is 31.3. The molecule has 1 unspecified atom stereocenters. The zero-order valence-corrected chi connectivity index (χ0v) is 22.9. The fourth-order valence-electron chi connectivity index (χ4n) is 4.18. The van der Waals surface area contributed by atoms with Crippen molar-refractivity contribution in [1.82, 2.24) is 10.3 Å². The molecule has 0 saturated carbocycles. The monoisotopic (exact) mass is 597 g/mol. The lowest BCUT2D eigenvalue weighted by atomic mass is 9.97. The minimum Gasteiger partial charge on any atom is -0.466 e. The van der Waals surface area contributed by atoms with E-state index in [2.05, 4.69) is 10.3 Å². The van der Waals surface area contributed by atoms with Crippen molar-refractivity contribution in [1.29, 1.82) is 5.26 Å². The number of halogens is 4. The number of esters is 1. The van der Waals surface area contributed by atoms with E-state index in [4.69, 9.17) is 4.74 Å². The molecule has 0 radical (unpaired) electrons. The molecule has 2 heterocycles. The maximum atomic E-state index is 14.5. The van der Waals surface area contributed by atoms with Gasteiger partial charge in [-0.05, 0) is 55.7 Å². The Bertz CT molecular complexity index is 1490. The van der Waals surface area contributed by atoms with Gasteiger partial charge in [-0.3, -0.25) is 14.3 Å². The van der Waals surface area contributed by atoms with Crippen LogP contribution in [0.15, 0.2) is 30.3 Å². The summed E-state index contributed by atoms with van der Waals surface area (Å²) in [4.78, 5) is 30.1. The minimum absolute atomic E-state index is 0.0485. The van der Waals surface area contributed by atoms with Crippen molar-refractivity contribution in [3.8, 4) is 6.07 Å². The summed E-state index contributed by atoms with van der Waals surface area (Å²) in [5.41, 5.74) is -1.58. The van der Waals surface area contributed by atoms with Crippen molar-refractivity contribution in [2.45, 2.75) is 32.5 Å². The van der Waals surface area contributed by atoms with Gasteiger partial charge in [0.05, 0.1) is 24.3 Å². The topological polar surface area (TPSA) is 141 Å². The van der Waals surface area contributed by atoms with Crippen LogP contribution in [-0.4, -0.2) is 51.2 Å². The first-order valence-corrected chi connectivity index (χ1v) is 14.3. The Kier molecular flexibility index (Phi) is 9.92. The third-order valence-electron chi connectivity index (χ3n) is 5.98. The summed E-state index contributed by atoms with van der Waals surface area (Å²) < 4.78 is 84.6. The maximum absolute atomic E-state index is 14.5. The second kappa shape index (κ2) is 13.0. The third-order valence-corrected chi connectivity index (χ3v) is 6.55. The van der Waals surface area contributed by atoms with E-state index in [0.717, 1.165) is 24.5 Å². The Balaban J connectivity index is 1.80. The Morgan fingerprint density at radius 3 is 2.66 bits per heavy atom. The van der Waals surface area contributed by atoms with E-state index >= 15 is 0 Å². The number of pyridine rings is 1. The standard InChI is InChI=1S/C26H27F4N5O5S/c1-3-40-25(37)18-5-4-10-35(15-18)24-17(6-8-21(33-24)26(28,29)30)7-9-22(36)32-14-16-11-19(13-31)23(20(27)12-16)34-41(2,38)39/h6-9,11-12,18,34H,3-5,10,14-15H2,1-2H3,(H,32,36). The lowest BCUT2D eigenvalue weighted by Crippen LogP contribution is -2.40. The average molecular weight is 598 g/mol. The van der Waals surface area contributed by atoms with Crippen LogP contribution in [-0.2, 0) is 37.1 Å². The van der Waals surface area contributed by atoms with Gasteiger partial charge in [-0.2, -0.15) is 18.4 Å². The van der Waals surface area contributed by atoms with Gasteiger partial charge >= 0.3 is 12.1 Å². The van der Waals surface area contributed by atoms with E-state index in [9.17, 15) is 40.8 Å². The molecule has 220 valence electrons. The molecule has 1 aliphatic rings. The number of sulfonamides is 1. The molecule has 0 bridgehead atoms. The van der Waals surface area contributed by atoms with Crippen molar-refractivity contribution in [3.63, 3.8) is 0 Å². The SMILES string of the molecule is CCOC(=O)C1CCCN(c2nc(C(F)(F)F)ccc2C=CC(=O)NCc2cc(F)c(NS(C)(=O)=O)c(C#N)c2)C1. The van der Waals surface area contributed by atoms with Gasteiger partial charge in [-0.25, -0.2) is 17.8 Å². The van der Waals surface area contributed by atoms with Crippen LogP contribution < -0.4 is 14.9 Å². The number of nitrogens with one attached hydrogen (secondary N) is 2. The number of hydrogen-bond acceptors (Lipinski definition) is 8. The summed E-state index contributed by atoms with van der Waals surface area (Å²) in [6.45, 7) is 2.03. The van der Waals surface area contributed by atoms with Gasteiger partial charge in [0.25, 0.3) is 0 Å². The molecule has 1 fully saturated rings. The molecule has 2 aromatic rings. The summed E-state index contributed by atoms with van der Waals surface area (Å²) in [6, 6.07) is 5.80. The lowest BCUT2D eigenvalue weighted by molar-refractivity contribution is -0.148. The summed E-state index contributed by atoms with van der Waals surface area (Å²) in [5, 5.41) is 11.7. The van der Waals surface area contributed by atoms with Crippen LogP contribution in [0.1, 0.15) is 42.1 Å². The largest absolute Gasteiger partial charge is 0.466 e. The molecule has 1 aliphatic heterocycles. The summed E-state index contributed by atoms with van der Waals surface area (Å²) in [6.07, 6.45) is -0.551. The van der Waals surface area contributed by atoms with Crippen LogP contribution >= 0.6 is 0 Å². The van der Waals surface area contributed by atoms with E-state index in [1.807, 2.05) is 4.72 Å². The normalized spacial score (nSPS) is 15.8. The van der Waals surface area contributed by atoms with Crippen molar-refractivity contribution < 1.29 is 40.3 Å². The van der Waals surface area contributed by atoms with Gasteiger partial charge in [-0.15, -0.1) is 0 Å². The number of nitriles is 1. The lowest BCUT2D eigenvalue weighted by Gasteiger charge is -2.33. The predicted molar refractivity (Wildman–Crippen MR) is 141 cm³/mol.